The average Bonchev–Trinajstić information content (AvgIpc) is 2.64. The molecule has 0 aliphatic carbocycles. The highest BCUT2D eigenvalue weighted by Gasteiger charge is 2.08. The number of benzene rings is 2. The van der Waals surface area contributed by atoms with Gasteiger partial charge in [-0.15, -0.1) is 5.10 Å². The van der Waals surface area contributed by atoms with Crippen LogP contribution in [-0.4, -0.2) is 21.7 Å². The molecule has 0 unspecified atom stereocenters. The molecule has 0 fully saturated rings. The predicted molar refractivity (Wildman–Crippen MR) is 107 cm³/mol. The number of rotatable bonds is 7. The lowest BCUT2D eigenvalue weighted by molar-refractivity contribution is 0.867. The van der Waals surface area contributed by atoms with Gasteiger partial charge in [-0.2, -0.15) is 10.1 Å². The van der Waals surface area contributed by atoms with Gasteiger partial charge < -0.3 is 10.6 Å². The van der Waals surface area contributed by atoms with E-state index in [1.165, 1.54) is 11.1 Å². The van der Waals surface area contributed by atoms with Crippen LogP contribution in [0.3, 0.4) is 0 Å². The Labute approximate surface area is 158 Å². The summed E-state index contributed by atoms with van der Waals surface area (Å²) in [4.78, 5) is 4.50. The third-order valence-corrected chi connectivity index (χ3v) is 4.27. The second-order valence-electron chi connectivity index (χ2n) is 6.34. The summed E-state index contributed by atoms with van der Waals surface area (Å²) in [5, 5.41) is 15.4. The summed E-state index contributed by atoms with van der Waals surface area (Å²) in [5.41, 5.74) is 3.44. The maximum Gasteiger partial charge on any atom is 0.249 e. The molecule has 2 aromatic carbocycles. The van der Waals surface area contributed by atoms with E-state index in [0.29, 0.717) is 17.7 Å². The van der Waals surface area contributed by atoms with Gasteiger partial charge >= 0.3 is 0 Å². The number of hydrogen-bond donors (Lipinski definition) is 2. The van der Waals surface area contributed by atoms with E-state index in [1.807, 2.05) is 42.5 Å². The van der Waals surface area contributed by atoms with Crippen molar-refractivity contribution in [2.45, 2.75) is 26.2 Å². The van der Waals surface area contributed by atoms with Gasteiger partial charge in [0.05, 0.1) is 6.20 Å². The highest BCUT2D eigenvalue weighted by Crippen LogP contribution is 2.25. The smallest absolute Gasteiger partial charge is 0.249 e. The van der Waals surface area contributed by atoms with Crippen LogP contribution in [0.4, 0.5) is 17.5 Å². The Morgan fingerprint density at radius 1 is 1.04 bits per heavy atom. The molecule has 0 atom stereocenters. The van der Waals surface area contributed by atoms with Crippen molar-refractivity contribution in [3.05, 3.63) is 70.9 Å². The minimum Gasteiger partial charge on any atom is -0.368 e. The second kappa shape index (κ2) is 8.63. The predicted octanol–water partition coefficient (Wildman–Crippen LogP) is 5.05. The standard InChI is InChI=1S/C20H22ClN5/c1-14(2)17-5-3-4-6-18(17)24-20-25-19(13-23-26-20)22-12-11-15-7-9-16(21)10-8-15/h3-10,13-14H,11-12H2,1-2H3,(H2,22,24,25,26). The average molecular weight is 368 g/mol. The molecule has 0 saturated heterocycles. The Morgan fingerprint density at radius 2 is 1.81 bits per heavy atom. The first-order valence-electron chi connectivity index (χ1n) is 8.66. The summed E-state index contributed by atoms with van der Waals surface area (Å²) < 4.78 is 0. The molecule has 0 aliphatic rings. The number of nitrogens with one attached hydrogen (secondary N) is 2. The van der Waals surface area contributed by atoms with Gasteiger partial charge in [0.25, 0.3) is 0 Å². The van der Waals surface area contributed by atoms with E-state index in [-0.39, 0.29) is 0 Å². The SMILES string of the molecule is CC(C)c1ccccc1Nc1nncc(NCCc2ccc(Cl)cc2)n1. The lowest BCUT2D eigenvalue weighted by atomic mass is 10.0. The van der Waals surface area contributed by atoms with Crippen molar-refractivity contribution in [3.63, 3.8) is 0 Å². The van der Waals surface area contributed by atoms with E-state index in [9.17, 15) is 0 Å². The summed E-state index contributed by atoms with van der Waals surface area (Å²) in [6, 6.07) is 16.0. The maximum atomic E-state index is 5.91. The van der Waals surface area contributed by atoms with E-state index in [0.717, 1.165) is 23.7 Å². The molecule has 0 spiro atoms. The number of nitrogens with zero attached hydrogens (tertiary/aromatic N) is 3. The zero-order chi connectivity index (χ0) is 18.4. The largest absolute Gasteiger partial charge is 0.368 e. The first kappa shape index (κ1) is 18.1. The summed E-state index contributed by atoms with van der Waals surface area (Å²) in [6.07, 6.45) is 2.50. The van der Waals surface area contributed by atoms with Gasteiger partial charge in [0.15, 0.2) is 5.82 Å². The third-order valence-electron chi connectivity index (χ3n) is 4.02. The third kappa shape index (κ3) is 4.92. The van der Waals surface area contributed by atoms with Gasteiger partial charge in [0.2, 0.25) is 5.95 Å². The van der Waals surface area contributed by atoms with E-state index in [2.05, 4.69) is 45.7 Å². The lowest BCUT2D eigenvalue weighted by Crippen LogP contribution is -2.09. The van der Waals surface area contributed by atoms with Crippen molar-refractivity contribution in [1.29, 1.82) is 0 Å². The Balaban J connectivity index is 1.62. The fourth-order valence-electron chi connectivity index (χ4n) is 2.66. The maximum absolute atomic E-state index is 5.91. The molecule has 0 bridgehead atoms. The fourth-order valence-corrected chi connectivity index (χ4v) is 2.79. The molecule has 2 N–H and O–H groups in total. The summed E-state index contributed by atoms with van der Waals surface area (Å²) in [6.45, 7) is 5.07. The molecule has 3 aromatic rings. The molecule has 5 nitrogen and oxygen atoms in total. The van der Waals surface area contributed by atoms with Gasteiger partial charge in [-0.25, -0.2) is 0 Å². The monoisotopic (exact) mass is 367 g/mol. The highest BCUT2D eigenvalue weighted by atomic mass is 35.5. The molecule has 26 heavy (non-hydrogen) atoms. The van der Waals surface area contributed by atoms with Crippen molar-refractivity contribution < 1.29 is 0 Å². The first-order valence-corrected chi connectivity index (χ1v) is 9.03. The van der Waals surface area contributed by atoms with Crippen molar-refractivity contribution in [3.8, 4) is 0 Å². The van der Waals surface area contributed by atoms with E-state index >= 15 is 0 Å². The van der Waals surface area contributed by atoms with Crippen LogP contribution in [0.5, 0.6) is 0 Å². The van der Waals surface area contributed by atoms with E-state index in [4.69, 9.17) is 11.6 Å². The first-order chi connectivity index (χ1) is 12.6. The van der Waals surface area contributed by atoms with Crippen LogP contribution < -0.4 is 10.6 Å². The minimum atomic E-state index is 0.410. The summed E-state index contributed by atoms with van der Waals surface area (Å²) in [7, 11) is 0. The quantitative estimate of drug-likeness (QED) is 0.612. The molecule has 134 valence electrons. The topological polar surface area (TPSA) is 62.7 Å². The van der Waals surface area contributed by atoms with Crippen molar-refractivity contribution in [2.24, 2.45) is 0 Å². The molecule has 0 saturated carbocycles. The van der Waals surface area contributed by atoms with Gasteiger partial charge in [-0.05, 0) is 41.7 Å². The highest BCUT2D eigenvalue weighted by molar-refractivity contribution is 6.30. The molecule has 1 heterocycles. The van der Waals surface area contributed by atoms with Crippen LogP contribution in [0.1, 0.15) is 30.9 Å². The number of para-hydroxylation sites is 1. The molecular weight excluding hydrogens is 346 g/mol. The molecule has 0 aliphatic heterocycles. The second-order valence-corrected chi connectivity index (χ2v) is 6.77. The van der Waals surface area contributed by atoms with Gasteiger partial charge in [-0.1, -0.05) is 55.8 Å². The van der Waals surface area contributed by atoms with Crippen LogP contribution in [0.25, 0.3) is 0 Å². The number of anilines is 3. The van der Waals surface area contributed by atoms with Crippen molar-refractivity contribution in [2.75, 3.05) is 17.2 Å². The van der Waals surface area contributed by atoms with E-state index < -0.39 is 0 Å². The number of hydrogen-bond acceptors (Lipinski definition) is 5. The molecular formula is C20H22ClN5. The zero-order valence-electron chi connectivity index (χ0n) is 14.9. The molecule has 0 radical (unpaired) electrons. The molecule has 3 rings (SSSR count). The Kier molecular flexibility index (Phi) is 6.02. The lowest BCUT2D eigenvalue weighted by Gasteiger charge is -2.13. The Bertz CT molecular complexity index is 849. The van der Waals surface area contributed by atoms with Crippen LogP contribution in [-0.2, 0) is 6.42 Å². The van der Waals surface area contributed by atoms with Crippen LogP contribution in [0, 0.1) is 0 Å². The molecule has 6 heteroatoms. The number of aromatic nitrogens is 3. The molecule has 0 amide bonds. The van der Waals surface area contributed by atoms with Crippen molar-refractivity contribution in [1.82, 2.24) is 15.2 Å². The summed E-state index contributed by atoms with van der Waals surface area (Å²) in [5.74, 6) is 1.58. The fraction of sp³-hybridized carbons (Fsp3) is 0.250. The van der Waals surface area contributed by atoms with Gasteiger partial charge in [0.1, 0.15) is 0 Å². The minimum absolute atomic E-state index is 0.410. The van der Waals surface area contributed by atoms with Gasteiger partial charge in [-0.3, -0.25) is 0 Å². The summed E-state index contributed by atoms with van der Waals surface area (Å²) >= 11 is 5.91. The number of halogens is 1. The Hall–Kier alpha value is -2.66. The van der Waals surface area contributed by atoms with Crippen molar-refractivity contribution >= 4 is 29.1 Å². The van der Waals surface area contributed by atoms with Crippen LogP contribution >= 0.6 is 11.6 Å². The zero-order valence-corrected chi connectivity index (χ0v) is 15.7. The Morgan fingerprint density at radius 3 is 2.58 bits per heavy atom. The normalized spacial score (nSPS) is 10.8. The molecule has 1 aromatic heterocycles. The van der Waals surface area contributed by atoms with Crippen LogP contribution in [0.2, 0.25) is 5.02 Å². The van der Waals surface area contributed by atoms with E-state index in [1.54, 1.807) is 6.20 Å². The van der Waals surface area contributed by atoms with Crippen LogP contribution in [0.15, 0.2) is 54.7 Å². The van der Waals surface area contributed by atoms with Gasteiger partial charge in [0, 0.05) is 17.3 Å².